The number of anilines is 1. The number of hydrogen-bond acceptors (Lipinski definition) is 2. The molecule has 20 heavy (non-hydrogen) atoms. The highest BCUT2D eigenvalue weighted by Crippen LogP contribution is 2.42. The van der Waals surface area contributed by atoms with Crippen molar-refractivity contribution < 1.29 is 9.59 Å². The summed E-state index contributed by atoms with van der Waals surface area (Å²) in [7, 11) is 0. The van der Waals surface area contributed by atoms with E-state index in [-0.39, 0.29) is 23.7 Å². The maximum atomic E-state index is 12.6. The first-order valence-corrected chi connectivity index (χ1v) is 7.51. The van der Waals surface area contributed by atoms with Crippen LogP contribution >= 0.6 is 11.6 Å². The molecule has 1 saturated carbocycles. The molecule has 1 aliphatic carbocycles. The van der Waals surface area contributed by atoms with Crippen molar-refractivity contribution in [3.05, 3.63) is 28.8 Å². The Labute approximate surface area is 123 Å². The second kappa shape index (κ2) is 4.88. The average molecular weight is 292 g/mol. The quantitative estimate of drug-likeness (QED) is 0.742. The van der Waals surface area contributed by atoms with Gasteiger partial charge in [0, 0.05) is 5.02 Å². The average Bonchev–Trinajstić information content (AvgIpc) is 2.65. The molecule has 0 bridgehead atoms. The van der Waals surface area contributed by atoms with Crippen molar-refractivity contribution in [2.45, 2.75) is 33.1 Å². The van der Waals surface area contributed by atoms with Crippen molar-refractivity contribution in [3.63, 3.8) is 0 Å². The lowest BCUT2D eigenvalue weighted by atomic mass is 9.76. The minimum Gasteiger partial charge on any atom is -0.274 e. The lowest BCUT2D eigenvalue weighted by molar-refractivity contribution is -0.122. The van der Waals surface area contributed by atoms with Gasteiger partial charge >= 0.3 is 0 Å². The lowest BCUT2D eigenvalue weighted by Crippen LogP contribution is -2.30. The van der Waals surface area contributed by atoms with E-state index < -0.39 is 0 Å². The predicted molar refractivity (Wildman–Crippen MR) is 78.7 cm³/mol. The highest BCUT2D eigenvalue weighted by atomic mass is 35.5. The molecule has 2 aliphatic rings. The molecular formula is C16H18ClNO2. The number of benzene rings is 1. The Morgan fingerprint density at radius 1 is 1.15 bits per heavy atom. The summed E-state index contributed by atoms with van der Waals surface area (Å²) in [5, 5.41) is 0.589. The molecule has 3 atom stereocenters. The van der Waals surface area contributed by atoms with Crippen molar-refractivity contribution in [1.82, 2.24) is 0 Å². The van der Waals surface area contributed by atoms with E-state index in [1.54, 1.807) is 12.1 Å². The second-order valence-corrected chi connectivity index (χ2v) is 6.48. The Kier molecular flexibility index (Phi) is 3.33. The normalized spacial score (nSPS) is 29.8. The summed E-state index contributed by atoms with van der Waals surface area (Å²) in [4.78, 5) is 26.4. The first-order chi connectivity index (χ1) is 9.49. The third-order valence-electron chi connectivity index (χ3n) is 4.60. The molecule has 1 aromatic rings. The zero-order valence-electron chi connectivity index (χ0n) is 11.7. The largest absolute Gasteiger partial charge is 0.274 e. The lowest BCUT2D eigenvalue weighted by Gasteiger charge is -2.25. The van der Waals surface area contributed by atoms with Gasteiger partial charge < -0.3 is 0 Å². The molecule has 3 nitrogen and oxygen atoms in total. The number of imide groups is 1. The Balaban J connectivity index is 1.96. The fourth-order valence-corrected chi connectivity index (χ4v) is 3.54. The van der Waals surface area contributed by atoms with Gasteiger partial charge in [-0.2, -0.15) is 0 Å². The molecule has 1 aromatic carbocycles. The molecule has 0 unspecified atom stereocenters. The van der Waals surface area contributed by atoms with Crippen LogP contribution in [0.5, 0.6) is 0 Å². The fourth-order valence-electron chi connectivity index (χ4n) is 3.36. The number of carbonyl (C=O) groups is 2. The molecule has 3 rings (SSSR count). The van der Waals surface area contributed by atoms with E-state index in [0.717, 1.165) is 24.8 Å². The van der Waals surface area contributed by atoms with E-state index in [0.29, 0.717) is 16.6 Å². The van der Waals surface area contributed by atoms with Crippen LogP contribution in [-0.4, -0.2) is 11.8 Å². The molecule has 0 N–H and O–H groups in total. The summed E-state index contributed by atoms with van der Waals surface area (Å²) in [6.45, 7) is 4.06. The minimum atomic E-state index is -0.133. The molecule has 1 saturated heterocycles. The van der Waals surface area contributed by atoms with Gasteiger partial charge in [-0.15, -0.1) is 0 Å². The molecule has 0 spiro atoms. The highest BCUT2D eigenvalue weighted by Gasteiger charge is 2.49. The zero-order chi connectivity index (χ0) is 14.4. The first kappa shape index (κ1) is 13.6. The smallest absolute Gasteiger partial charge is 0.237 e. The number of hydrogen-bond donors (Lipinski definition) is 0. The van der Waals surface area contributed by atoms with Gasteiger partial charge in [-0.25, -0.2) is 0 Å². The predicted octanol–water partition coefficient (Wildman–Crippen LogP) is 3.57. The van der Waals surface area contributed by atoms with E-state index in [2.05, 4.69) is 6.92 Å². The molecule has 1 heterocycles. The number of aryl methyl sites for hydroxylation is 1. The van der Waals surface area contributed by atoms with Crippen LogP contribution in [0.1, 0.15) is 31.7 Å². The van der Waals surface area contributed by atoms with Crippen LogP contribution in [0.15, 0.2) is 18.2 Å². The molecule has 2 amide bonds. The number of carbonyl (C=O) groups excluding carboxylic acids is 2. The standard InChI is InChI=1S/C16H18ClNO2/c1-9-3-6-12-13(7-9)16(20)18(15(12)19)11-5-4-10(2)14(17)8-11/h4-5,8-9,12-13H,3,6-7H2,1-2H3/t9-,12+,13+/m0/s1. The van der Waals surface area contributed by atoms with Gasteiger partial charge in [-0.05, 0) is 49.8 Å². The first-order valence-electron chi connectivity index (χ1n) is 7.13. The fraction of sp³-hybridized carbons (Fsp3) is 0.500. The van der Waals surface area contributed by atoms with Gasteiger partial charge in [0.05, 0.1) is 17.5 Å². The number of nitrogens with zero attached hydrogens (tertiary/aromatic N) is 1. The van der Waals surface area contributed by atoms with E-state index in [4.69, 9.17) is 11.6 Å². The van der Waals surface area contributed by atoms with Crippen LogP contribution in [0.3, 0.4) is 0 Å². The number of halogens is 1. The van der Waals surface area contributed by atoms with Crippen molar-refractivity contribution in [3.8, 4) is 0 Å². The summed E-state index contributed by atoms with van der Waals surface area (Å²) in [6, 6.07) is 5.37. The van der Waals surface area contributed by atoms with Crippen molar-refractivity contribution in [2.24, 2.45) is 17.8 Å². The van der Waals surface area contributed by atoms with Crippen LogP contribution in [0, 0.1) is 24.7 Å². The van der Waals surface area contributed by atoms with Crippen LogP contribution in [-0.2, 0) is 9.59 Å². The summed E-state index contributed by atoms with van der Waals surface area (Å²) in [6.07, 6.45) is 2.68. The molecule has 2 fully saturated rings. The van der Waals surface area contributed by atoms with Crippen LogP contribution in [0.25, 0.3) is 0 Å². The summed E-state index contributed by atoms with van der Waals surface area (Å²) >= 11 is 6.11. The summed E-state index contributed by atoms with van der Waals surface area (Å²) < 4.78 is 0. The highest BCUT2D eigenvalue weighted by molar-refractivity contribution is 6.32. The molecule has 0 radical (unpaired) electrons. The maximum Gasteiger partial charge on any atom is 0.237 e. The van der Waals surface area contributed by atoms with Gasteiger partial charge in [-0.1, -0.05) is 24.6 Å². The van der Waals surface area contributed by atoms with Gasteiger partial charge in [-0.3, -0.25) is 14.5 Å². The van der Waals surface area contributed by atoms with Gasteiger partial charge in [0.1, 0.15) is 0 Å². The monoisotopic (exact) mass is 291 g/mol. The van der Waals surface area contributed by atoms with E-state index >= 15 is 0 Å². The summed E-state index contributed by atoms with van der Waals surface area (Å²) in [5.41, 5.74) is 1.55. The van der Waals surface area contributed by atoms with E-state index in [9.17, 15) is 9.59 Å². The molecule has 106 valence electrons. The van der Waals surface area contributed by atoms with Crippen molar-refractivity contribution in [2.75, 3.05) is 4.90 Å². The van der Waals surface area contributed by atoms with Crippen LogP contribution in [0.2, 0.25) is 5.02 Å². The third-order valence-corrected chi connectivity index (χ3v) is 5.01. The Morgan fingerprint density at radius 3 is 2.55 bits per heavy atom. The molecule has 1 aliphatic heterocycles. The number of amides is 2. The van der Waals surface area contributed by atoms with Crippen LogP contribution < -0.4 is 4.90 Å². The van der Waals surface area contributed by atoms with Crippen molar-refractivity contribution in [1.29, 1.82) is 0 Å². The van der Waals surface area contributed by atoms with Crippen molar-refractivity contribution >= 4 is 29.1 Å². The minimum absolute atomic E-state index is 0.0492. The molecular weight excluding hydrogens is 274 g/mol. The topological polar surface area (TPSA) is 37.4 Å². The number of rotatable bonds is 1. The molecule has 4 heteroatoms. The second-order valence-electron chi connectivity index (χ2n) is 6.08. The van der Waals surface area contributed by atoms with E-state index in [1.807, 2.05) is 13.0 Å². The number of fused-ring (bicyclic) bond motifs is 1. The van der Waals surface area contributed by atoms with Gasteiger partial charge in [0.2, 0.25) is 11.8 Å². The maximum absolute atomic E-state index is 12.6. The molecule has 0 aromatic heterocycles. The van der Waals surface area contributed by atoms with E-state index in [1.165, 1.54) is 4.90 Å². The Hall–Kier alpha value is -1.35. The third kappa shape index (κ3) is 2.05. The Bertz CT molecular complexity index is 584. The Morgan fingerprint density at radius 2 is 1.85 bits per heavy atom. The van der Waals surface area contributed by atoms with Crippen LogP contribution in [0.4, 0.5) is 5.69 Å². The van der Waals surface area contributed by atoms with Gasteiger partial charge in [0.25, 0.3) is 0 Å². The SMILES string of the molecule is Cc1ccc(N2C(=O)[C@@H]3CC[C@H](C)C[C@H]3C2=O)cc1Cl. The van der Waals surface area contributed by atoms with Gasteiger partial charge in [0.15, 0.2) is 0 Å². The summed E-state index contributed by atoms with van der Waals surface area (Å²) in [5.74, 6) is 0.165. The zero-order valence-corrected chi connectivity index (χ0v) is 12.5.